The molecule has 19 heavy (non-hydrogen) atoms. The van der Waals surface area contributed by atoms with Gasteiger partial charge in [-0.1, -0.05) is 31.4 Å². The normalized spacial score (nSPS) is 10.5. The van der Waals surface area contributed by atoms with Gasteiger partial charge < -0.3 is 10.0 Å². The molecule has 0 radical (unpaired) electrons. The predicted octanol–water partition coefficient (Wildman–Crippen LogP) is 3.10. The number of aliphatic hydroxyl groups excluding tert-OH is 1. The van der Waals surface area contributed by atoms with Crippen molar-refractivity contribution in [3.05, 3.63) is 34.6 Å². The van der Waals surface area contributed by atoms with Gasteiger partial charge in [0.2, 0.25) is 0 Å². The van der Waals surface area contributed by atoms with Gasteiger partial charge in [-0.25, -0.2) is 4.39 Å². The Morgan fingerprint density at radius 1 is 1.37 bits per heavy atom. The Balaban J connectivity index is 2.76. The molecular weight excluding hydrogens is 269 g/mol. The summed E-state index contributed by atoms with van der Waals surface area (Å²) < 4.78 is 13.1. The van der Waals surface area contributed by atoms with Crippen LogP contribution in [0.3, 0.4) is 0 Å². The molecule has 0 aliphatic carbocycles. The molecule has 0 atom stereocenters. The number of hydrogen-bond acceptors (Lipinski definition) is 2. The molecule has 0 aliphatic rings. The minimum atomic E-state index is -0.544. The fourth-order valence-corrected chi connectivity index (χ4v) is 1.98. The number of amides is 1. The Labute approximate surface area is 118 Å². The van der Waals surface area contributed by atoms with E-state index < -0.39 is 5.82 Å². The fraction of sp³-hybridized carbons (Fsp3) is 0.500. The predicted molar refractivity (Wildman–Crippen MR) is 73.9 cm³/mol. The number of carbonyl (C=O) groups is 1. The molecule has 0 spiro atoms. The average molecular weight is 288 g/mol. The maximum absolute atomic E-state index is 13.1. The number of benzene rings is 1. The monoisotopic (exact) mass is 287 g/mol. The Kier molecular flexibility index (Phi) is 6.81. The molecule has 3 nitrogen and oxygen atoms in total. The minimum Gasteiger partial charge on any atom is -0.395 e. The number of halogens is 2. The number of rotatable bonds is 7. The summed E-state index contributed by atoms with van der Waals surface area (Å²) in [6, 6.07) is 3.91. The minimum absolute atomic E-state index is 0.0663. The Hall–Kier alpha value is -1.13. The first-order chi connectivity index (χ1) is 9.10. The van der Waals surface area contributed by atoms with Gasteiger partial charge in [0.15, 0.2) is 0 Å². The molecule has 1 aromatic carbocycles. The van der Waals surface area contributed by atoms with Crippen LogP contribution in [0.1, 0.15) is 36.5 Å². The van der Waals surface area contributed by atoms with Crippen molar-refractivity contribution in [2.75, 3.05) is 19.7 Å². The van der Waals surface area contributed by atoms with Crippen molar-refractivity contribution in [3.8, 4) is 0 Å². The highest BCUT2D eigenvalue weighted by Crippen LogP contribution is 2.17. The molecule has 0 aliphatic heterocycles. The van der Waals surface area contributed by atoms with Crippen LogP contribution in [0.15, 0.2) is 18.2 Å². The maximum atomic E-state index is 13.1. The van der Waals surface area contributed by atoms with E-state index in [0.717, 1.165) is 19.3 Å². The first-order valence-corrected chi connectivity index (χ1v) is 6.83. The van der Waals surface area contributed by atoms with Gasteiger partial charge in [0.25, 0.3) is 5.91 Å². The molecule has 0 unspecified atom stereocenters. The highest BCUT2D eigenvalue weighted by Gasteiger charge is 2.16. The summed E-state index contributed by atoms with van der Waals surface area (Å²) in [7, 11) is 0. The van der Waals surface area contributed by atoms with Gasteiger partial charge in [0.05, 0.1) is 11.6 Å². The van der Waals surface area contributed by atoms with Gasteiger partial charge in [-0.2, -0.15) is 0 Å². The van der Waals surface area contributed by atoms with E-state index in [1.54, 1.807) is 4.90 Å². The third kappa shape index (κ3) is 4.80. The van der Waals surface area contributed by atoms with Crippen molar-refractivity contribution in [2.45, 2.75) is 26.2 Å². The summed E-state index contributed by atoms with van der Waals surface area (Å²) in [4.78, 5) is 13.8. The summed E-state index contributed by atoms with van der Waals surface area (Å²) in [5.41, 5.74) is 0.344. The van der Waals surface area contributed by atoms with Crippen LogP contribution in [0.2, 0.25) is 5.02 Å². The van der Waals surface area contributed by atoms with Crippen molar-refractivity contribution >= 4 is 17.5 Å². The molecule has 0 saturated heterocycles. The molecule has 0 fully saturated rings. The number of aliphatic hydroxyl groups is 1. The molecule has 0 saturated carbocycles. The van der Waals surface area contributed by atoms with E-state index >= 15 is 0 Å². The Bertz CT molecular complexity index is 426. The molecule has 1 aromatic rings. The molecule has 0 heterocycles. The lowest BCUT2D eigenvalue weighted by molar-refractivity contribution is 0.0718. The summed E-state index contributed by atoms with van der Waals surface area (Å²) in [5.74, 6) is -0.773. The topological polar surface area (TPSA) is 40.5 Å². The Morgan fingerprint density at radius 3 is 2.68 bits per heavy atom. The van der Waals surface area contributed by atoms with Gasteiger partial charge in [-0.3, -0.25) is 4.79 Å². The molecule has 1 rings (SSSR count). The molecule has 1 amide bonds. The first-order valence-electron chi connectivity index (χ1n) is 6.45. The summed E-state index contributed by atoms with van der Waals surface area (Å²) in [6.07, 6.45) is 2.97. The molecule has 1 N–H and O–H groups in total. The highest BCUT2D eigenvalue weighted by molar-refractivity contribution is 6.31. The van der Waals surface area contributed by atoms with Crippen molar-refractivity contribution < 1.29 is 14.3 Å². The number of carbonyl (C=O) groups excluding carboxylic acids is 1. The SMILES string of the molecule is CCCCCN(CCO)C(=O)c1ccc(F)c(Cl)c1. The van der Waals surface area contributed by atoms with Crippen molar-refractivity contribution in [3.63, 3.8) is 0 Å². The van der Waals surface area contributed by atoms with E-state index in [2.05, 4.69) is 6.92 Å². The largest absolute Gasteiger partial charge is 0.395 e. The van der Waals surface area contributed by atoms with Gasteiger partial charge >= 0.3 is 0 Å². The maximum Gasteiger partial charge on any atom is 0.253 e. The highest BCUT2D eigenvalue weighted by atomic mass is 35.5. The van der Waals surface area contributed by atoms with Crippen molar-refractivity contribution in [1.29, 1.82) is 0 Å². The van der Waals surface area contributed by atoms with Gasteiger partial charge in [0.1, 0.15) is 5.82 Å². The number of nitrogens with zero attached hydrogens (tertiary/aromatic N) is 1. The smallest absolute Gasteiger partial charge is 0.253 e. The number of unbranched alkanes of at least 4 members (excludes halogenated alkanes) is 2. The third-order valence-corrected chi connectivity index (χ3v) is 3.14. The second-order valence-electron chi connectivity index (χ2n) is 4.35. The molecular formula is C14H19ClFNO2. The molecule has 5 heteroatoms. The molecule has 106 valence electrons. The second kappa shape index (κ2) is 8.12. The first kappa shape index (κ1) is 15.9. The quantitative estimate of drug-likeness (QED) is 0.783. The summed E-state index contributed by atoms with van der Waals surface area (Å²) in [5, 5.41) is 8.94. The third-order valence-electron chi connectivity index (χ3n) is 2.86. The molecule has 0 bridgehead atoms. The van der Waals surface area contributed by atoms with Crippen LogP contribution in [0, 0.1) is 5.82 Å². The van der Waals surface area contributed by atoms with Gasteiger partial charge in [-0.15, -0.1) is 0 Å². The lowest BCUT2D eigenvalue weighted by Crippen LogP contribution is -2.34. The van der Waals surface area contributed by atoms with Crippen molar-refractivity contribution in [2.24, 2.45) is 0 Å². The number of hydrogen-bond donors (Lipinski definition) is 1. The van der Waals surface area contributed by atoms with Gasteiger partial charge in [0, 0.05) is 18.7 Å². The zero-order valence-electron chi connectivity index (χ0n) is 11.0. The van der Waals surface area contributed by atoms with Crippen LogP contribution in [-0.2, 0) is 0 Å². The van der Waals surface area contributed by atoms with Crippen LogP contribution in [-0.4, -0.2) is 35.6 Å². The average Bonchev–Trinajstić information content (AvgIpc) is 2.40. The van der Waals surface area contributed by atoms with Crippen LogP contribution in [0.4, 0.5) is 4.39 Å². The lowest BCUT2D eigenvalue weighted by Gasteiger charge is -2.21. The van der Waals surface area contributed by atoms with Crippen LogP contribution < -0.4 is 0 Å². The summed E-state index contributed by atoms with van der Waals surface area (Å²) >= 11 is 5.67. The van der Waals surface area contributed by atoms with E-state index in [9.17, 15) is 9.18 Å². The van der Waals surface area contributed by atoms with Gasteiger partial charge in [-0.05, 0) is 24.6 Å². The van der Waals surface area contributed by atoms with E-state index in [4.69, 9.17) is 16.7 Å². The van der Waals surface area contributed by atoms with Crippen LogP contribution in [0.25, 0.3) is 0 Å². The second-order valence-corrected chi connectivity index (χ2v) is 4.76. The van der Waals surface area contributed by atoms with E-state index in [1.807, 2.05) is 0 Å². The zero-order valence-corrected chi connectivity index (χ0v) is 11.8. The fourth-order valence-electron chi connectivity index (χ4n) is 1.80. The van der Waals surface area contributed by atoms with E-state index in [0.29, 0.717) is 12.1 Å². The lowest BCUT2D eigenvalue weighted by atomic mass is 10.1. The van der Waals surface area contributed by atoms with E-state index in [1.165, 1.54) is 18.2 Å². The van der Waals surface area contributed by atoms with Crippen molar-refractivity contribution in [1.82, 2.24) is 4.90 Å². The van der Waals surface area contributed by atoms with Crippen LogP contribution in [0.5, 0.6) is 0 Å². The van der Waals surface area contributed by atoms with Crippen LogP contribution >= 0.6 is 11.6 Å². The Morgan fingerprint density at radius 2 is 2.11 bits per heavy atom. The zero-order chi connectivity index (χ0) is 14.3. The standard InChI is InChI=1S/C14H19ClFNO2/c1-2-3-4-7-17(8-9-18)14(19)11-5-6-13(16)12(15)10-11/h5-6,10,18H,2-4,7-9H2,1H3. The van der Waals surface area contributed by atoms with E-state index in [-0.39, 0.29) is 24.1 Å². The summed E-state index contributed by atoms with van der Waals surface area (Å²) in [6.45, 7) is 2.85. The molecule has 0 aromatic heterocycles.